The first-order valence-corrected chi connectivity index (χ1v) is 6.16. The van der Waals surface area contributed by atoms with Crippen LogP contribution in [-0.2, 0) is 0 Å². The van der Waals surface area contributed by atoms with Crippen LogP contribution in [0.2, 0.25) is 5.02 Å². The fourth-order valence-corrected chi connectivity index (χ4v) is 2.04. The van der Waals surface area contributed by atoms with E-state index in [9.17, 15) is 18.0 Å². The molecule has 1 atom stereocenters. The summed E-state index contributed by atoms with van der Waals surface area (Å²) in [7, 11) is 0. The molecule has 2 rings (SSSR count). The van der Waals surface area contributed by atoms with Crippen molar-refractivity contribution in [3.63, 3.8) is 0 Å². The summed E-state index contributed by atoms with van der Waals surface area (Å²) in [6, 6.07) is 7.69. The maximum atomic E-state index is 13.9. The van der Waals surface area contributed by atoms with E-state index in [4.69, 9.17) is 16.9 Å². The van der Waals surface area contributed by atoms with Gasteiger partial charge in [-0.25, -0.2) is 13.2 Å². The number of nitriles is 1. The van der Waals surface area contributed by atoms with Crippen LogP contribution >= 0.6 is 11.6 Å². The SMILES string of the molecule is N#CC(C(=O)c1cc(F)ccc1F)c1cccc(Cl)c1F. The molecule has 2 aromatic rings. The zero-order chi connectivity index (χ0) is 15.6. The number of carbonyl (C=O) groups is 1. The van der Waals surface area contributed by atoms with Gasteiger partial charge in [0.2, 0.25) is 0 Å². The summed E-state index contributed by atoms with van der Waals surface area (Å²) in [5.41, 5.74) is -0.889. The first kappa shape index (κ1) is 15.1. The van der Waals surface area contributed by atoms with Crippen LogP contribution in [0.1, 0.15) is 21.8 Å². The molecule has 0 N–H and O–H groups in total. The molecule has 0 aliphatic heterocycles. The smallest absolute Gasteiger partial charge is 0.187 e. The fraction of sp³-hybridized carbons (Fsp3) is 0.0667. The maximum absolute atomic E-state index is 13.9. The summed E-state index contributed by atoms with van der Waals surface area (Å²) >= 11 is 5.59. The average Bonchev–Trinajstić information content (AvgIpc) is 2.46. The summed E-state index contributed by atoms with van der Waals surface area (Å²) in [6.45, 7) is 0. The Morgan fingerprint density at radius 2 is 1.90 bits per heavy atom. The topological polar surface area (TPSA) is 40.9 Å². The van der Waals surface area contributed by atoms with Crippen LogP contribution in [0.25, 0.3) is 0 Å². The highest BCUT2D eigenvalue weighted by Gasteiger charge is 2.27. The van der Waals surface area contributed by atoms with Crippen molar-refractivity contribution in [1.82, 2.24) is 0 Å². The maximum Gasteiger partial charge on any atom is 0.187 e. The van der Waals surface area contributed by atoms with Crippen molar-refractivity contribution in [3.8, 4) is 6.07 Å². The first-order chi connectivity index (χ1) is 9.95. The van der Waals surface area contributed by atoms with Gasteiger partial charge in [0, 0.05) is 5.56 Å². The Balaban J connectivity index is 2.52. The number of nitrogens with zero attached hydrogens (tertiary/aromatic N) is 1. The second-order valence-electron chi connectivity index (χ2n) is 4.19. The number of Topliss-reactive ketones (excluding diaryl/α,β-unsaturated/α-hetero) is 1. The Bertz CT molecular complexity index is 755. The van der Waals surface area contributed by atoms with Crippen molar-refractivity contribution >= 4 is 17.4 Å². The average molecular weight is 310 g/mol. The van der Waals surface area contributed by atoms with Gasteiger partial charge < -0.3 is 0 Å². The fourth-order valence-electron chi connectivity index (χ4n) is 1.85. The molecule has 0 bridgehead atoms. The van der Waals surface area contributed by atoms with E-state index in [1.54, 1.807) is 6.07 Å². The van der Waals surface area contributed by atoms with Crippen molar-refractivity contribution in [2.45, 2.75) is 5.92 Å². The molecule has 0 saturated carbocycles. The minimum absolute atomic E-state index is 0.264. The largest absolute Gasteiger partial charge is 0.292 e. The standard InChI is InChI=1S/C15H7ClF3NO/c16-12-3-1-2-9(14(12)19)11(7-20)15(21)10-6-8(17)4-5-13(10)18/h1-6,11H. The van der Waals surface area contributed by atoms with E-state index in [1.165, 1.54) is 18.2 Å². The monoisotopic (exact) mass is 309 g/mol. The van der Waals surface area contributed by atoms with E-state index in [1.807, 2.05) is 0 Å². The molecular weight excluding hydrogens is 303 g/mol. The number of rotatable bonds is 3. The van der Waals surface area contributed by atoms with Crippen LogP contribution < -0.4 is 0 Å². The molecule has 1 unspecified atom stereocenters. The quantitative estimate of drug-likeness (QED) is 0.795. The molecule has 0 saturated heterocycles. The third-order valence-electron chi connectivity index (χ3n) is 2.88. The van der Waals surface area contributed by atoms with E-state index in [2.05, 4.69) is 0 Å². The zero-order valence-corrected chi connectivity index (χ0v) is 11.2. The molecule has 0 radical (unpaired) electrons. The van der Waals surface area contributed by atoms with Gasteiger partial charge >= 0.3 is 0 Å². The van der Waals surface area contributed by atoms with E-state index in [-0.39, 0.29) is 10.6 Å². The van der Waals surface area contributed by atoms with Crippen LogP contribution in [0.3, 0.4) is 0 Å². The molecule has 0 aliphatic rings. The Hall–Kier alpha value is -2.32. The van der Waals surface area contributed by atoms with Crippen molar-refractivity contribution in [1.29, 1.82) is 5.26 Å². The summed E-state index contributed by atoms with van der Waals surface area (Å²) in [6.07, 6.45) is 0. The third kappa shape index (κ3) is 2.91. The summed E-state index contributed by atoms with van der Waals surface area (Å²) in [5.74, 6) is -5.39. The molecule has 0 amide bonds. The van der Waals surface area contributed by atoms with Gasteiger partial charge in [-0.3, -0.25) is 4.79 Å². The van der Waals surface area contributed by atoms with Crippen LogP contribution in [0, 0.1) is 28.8 Å². The van der Waals surface area contributed by atoms with Crippen molar-refractivity contribution < 1.29 is 18.0 Å². The molecule has 6 heteroatoms. The lowest BCUT2D eigenvalue weighted by Gasteiger charge is -2.11. The van der Waals surface area contributed by atoms with Crippen LogP contribution in [0.4, 0.5) is 13.2 Å². The molecule has 0 heterocycles. The van der Waals surface area contributed by atoms with Crippen LogP contribution in [0.15, 0.2) is 36.4 Å². The van der Waals surface area contributed by atoms with Gasteiger partial charge in [-0.05, 0) is 24.3 Å². The van der Waals surface area contributed by atoms with Crippen LogP contribution in [-0.4, -0.2) is 5.78 Å². The van der Waals surface area contributed by atoms with Gasteiger partial charge in [0.05, 0.1) is 16.7 Å². The molecule has 0 spiro atoms. The van der Waals surface area contributed by atoms with E-state index < -0.39 is 34.7 Å². The van der Waals surface area contributed by atoms with Gasteiger partial charge in [-0.15, -0.1) is 0 Å². The lowest BCUT2D eigenvalue weighted by molar-refractivity contribution is 0.0973. The molecule has 21 heavy (non-hydrogen) atoms. The number of hydrogen-bond acceptors (Lipinski definition) is 2. The first-order valence-electron chi connectivity index (χ1n) is 5.78. The normalized spacial score (nSPS) is 11.8. The van der Waals surface area contributed by atoms with Crippen molar-refractivity contribution in [2.24, 2.45) is 0 Å². The molecule has 0 fully saturated rings. The van der Waals surface area contributed by atoms with Gasteiger partial charge in [0.15, 0.2) is 5.78 Å². The number of halogens is 4. The van der Waals surface area contributed by atoms with Gasteiger partial charge in [0.1, 0.15) is 23.4 Å². The number of hydrogen-bond donors (Lipinski definition) is 0. The van der Waals surface area contributed by atoms with E-state index >= 15 is 0 Å². The predicted molar refractivity (Wildman–Crippen MR) is 70.5 cm³/mol. The van der Waals surface area contributed by atoms with Gasteiger partial charge in [0.25, 0.3) is 0 Å². The highest BCUT2D eigenvalue weighted by atomic mass is 35.5. The number of carbonyl (C=O) groups excluding carboxylic acids is 1. The second-order valence-corrected chi connectivity index (χ2v) is 4.60. The van der Waals surface area contributed by atoms with Crippen molar-refractivity contribution in [3.05, 3.63) is 70.0 Å². The minimum atomic E-state index is -1.61. The molecular formula is C15H7ClF3NO. The van der Waals surface area contributed by atoms with Gasteiger partial charge in [-0.1, -0.05) is 23.7 Å². The summed E-state index contributed by atoms with van der Waals surface area (Å²) in [4.78, 5) is 12.2. The molecule has 0 aliphatic carbocycles. The lowest BCUT2D eigenvalue weighted by Crippen LogP contribution is -2.15. The van der Waals surface area contributed by atoms with E-state index in [0.29, 0.717) is 6.07 Å². The van der Waals surface area contributed by atoms with Gasteiger partial charge in [-0.2, -0.15) is 5.26 Å². The summed E-state index contributed by atoms with van der Waals surface area (Å²) in [5, 5.41) is 8.83. The molecule has 106 valence electrons. The minimum Gasteiger partial charge on any atom is -0.292 e. The third-order valence-corrected chi connectivity index (χ3v) is 3.17. The Morgan fingerprint density at radius 1 is 1.19 bits per heavy atom. The Labute approximate surface area is 123 Å². The molecule has 0 aromatic heterocycles. The Morgan fingerprint density at radius 3 is 2.57 bits per heavy atom. The zero-order valence-electron chi connectivity index (χ0n) is 10.4. The lowest BCUT2D eigenvalue weighted by atomic mass is 9.91. The second kappa shape index (κ2) is 5.98. The molecule has 2 nitrogen and oxygen atoms in total. The van der Waals surface area contributed by atoms with E-state index in [0.717, 1.165) is 12.1 Å². The van der Waals surface area contributed by atoms with Crippen LogP contribution in [0.5, 0.6) is 0 Å². The number of ketones is 1. The number of benzene rings is 2. The molecule has 2 aromatic carbocycles. The van der Waals surface area contributed by atoms with Crippen molar-refractivity contribution in [2.75, 3.05) is 0 Å². The highest BCUT2D eigenvalue weighted by molar-refractivity contribution is 6.30. The summed E-state index contributed by atoms with van der Waals surface area (Å²) < 4.78 is 40.6. The predicted octanol–water partition coefficient (Wildman–Crippen LogP) is 4.25. The highest BCUT2D eigenvalue weighted by Crippen LogP contribution is 2.28. The Kier molecular flexibility index (Phi) is 4.29.